The smallest absolute Gasteiger partial charge is 0.0854 e. The highest BCUT2D eigenvalue weighted by Gasteiger charge is 2.30. The van der Waals surface area contributed by atoms with Gasteiger partial charge < -0.3 is 10.0 Å². The van der Waals surface area contributed by atoms with Crippen LogP contribution in [0.3, 0.4) is 0 Å². The van der Waals surface area contributed by atoms with E-state index < -0.39 is 0 Å². The van der Waals surface area contributed by atoms with E-state index in [0.717, 1.165) is 17.8 Å². The van der Waals surface area contributed by atoms with E-state index in [4.69, 9.17) is 0 Å². The molecule has 3 rings (SSSR count). The van der Waals surface area contributed by atoms with E-state index in [-0.39, 0.29) is 6.61 Å². The van der Waals surface area contributed by atoms with Crippen LogP contribution in [-0.4, -0.2) is 22.7 Å². The maximum absolute atomic E-state index is 9.46. The fourth-order valence-electron chi connectivity index (χ4n) is 2.75. The first-order valence-corrected chi connectivity index (χ1v) is 7.45. The van der Waals surface area contributed by atoms with Crippen LogP contribution in [0.25, 0.3) is 10.9 Å². The summed E-state index contributed by atoms with van der Waals surface area (Å²) in [5.74, 6) is 0.625. The van der Waals surface area contributed by atoms with Crippen molar-refractivity contribution in [3.8, 4) is 0 Å². The van der Waals surface area contributed by atoms with Gasteiger partial charge >= 0.3 is 0 Å². The molecular formula is C17H22N2O. The van der Waals surface area contributed by atoms with Gasteiger partial charge in [-0.1, -0.05) is 32.0 Å². The Kier molecular flexibility index (Phi) is 3.62. The first kappa shape index (κ1) is 13.4. The van der Waals surface area contributed by atoms with Crippen molar-refractivity contribution in [2.45, 2.75) is 39.3 Å². The van der Waals surface area contributed by atoms with Gasteiger partial charge in [0.15, 0.2) is 0 Å². The molecule has 1 N–H and O–H groups in total. The maximum Gasteiger partial charge on any atom is 0.0854 e. The van der Waals surface area contributed by atoms with Crippen LogP contribution in [-0.2, 0) is 6.61 Å². The molecule has 1 aromatic heterocycles. The van der Waals surface area contributed by atoms with Gasteiger partial charge in [-0.15, -0.1) is 0 Å². The largest absolute Gasteiger partial charge is 0.390 e. The lowest BCUT2D eigenvalue weighted by Crippen LogP contribution is -2.30. The highest BCUT2D eigenvalue weighted by Crippen LogP contribution is 2.36. The zero-order valence-corrected chi connectivity index (χ0v) is 12.2. The number of aliphatic hydroxyl groups is 1. The van der Waals surface area contributed by atoms with E-state index in [1.54, 1.807) is 0 Å². The Morgan fingerprint density at radius 2 is 2.05 bits per heavy atom. The zero-order valence-electron chi connectivity index (χ0n) is 12.2. The van der Waals surface area contributed by atoms with E-state index in [1.165, 1.54) is 23.9 Å². The second kappa shape index (κ2) is 5.41. The first-order valence-electron chi connectivity index (χ1n) is 7.45. The summed E-state index contributed by atoms with van der Waals surface area (Å²) in [6.45, 7) is 5.57. The molecule has 0 bridgehead atoms. The molecule has 1 fully saturated rings. The molecule has 106 valence electrons. The highest BCUT2D eigenvalue weighted by molar-refractivity contribution is 5.92. The summed E-state index contributed by atoms with van der Waals surface area (Å²) in [6.07, 6.45) is 2.55. The van der Waals surface area contributed by atoms with Crippen LogP contribution < -0.4 is 4.90 Å². The van der Waals surface area contributed by atoms with Crippen molar-refractivity contribution in [2.24, 2.45) is 5.92 Å². The van der Waals surface area contributed by atoms with Gasteiger partial charge in [0.05, 0.1) is 17.8 Å². The second-order valence-corrected chi connectivity index (χ2v) is 6.09. The number of fused-ring (bicyclic) bond motifs is 1. The molecule has 1 aliphatic rings. The number of aromatic nitrogens is 1. The third-order valence-corrected chi connectivity index (χ3v) is 3.77. The Hall–Kier alpha value is -1.61. The molecule has 2 aromatic rings. The molecule has 20 heavy (non-hydrogen) atoms. The van der Waals surface area contributed by atoms with Crippen LogP contribution in [0.4, 0.5) is 5.69 Å². The van der Waals surface area contributed by atoms with Gasteiger partial charge in [-0.25, -0.2) is 0 Å². The molecule has 0 amide bonds. The van der Waals surface area contributed by atoms with Crippen molar-refractivity contribution in [3.63, 3.8) is 0 Å². The van der Waals surface area contributed by atoms with Gasteiger partial charge in [-0.3, -0.25) is 4.98 Å². The average molecular weight is 270 g/mol. The minimum absolute atomic E-state index is 0.00196. The minimum Gasteiger partial charge on any atom is -0.390 e. The average Bonchev–Trinajstić information content (AvgIpc) is 3.28. The predicted molar refractivity (Wildman–Crippen MR) is 82.9 cm³/mol. The summed E-state index contributed by atoms with van der Waals surface area (Å²) in [7, 11) is 0. The summed E-state index contributed by atoms with van der Waals surface area (Å²) in [6, 6.07) is 10.9. The number of anilines is 1. The first-order chi connectivity index (χ1) is 9.69. The maximum atomic E-state index is 9.46. The van der Waals surface area contributed by atoms with Gasteiger partial charge in [0.1, 0.15) is 0 Å². The molecule has 3 nitrogen and oxygen atoms in total. The van der Waals surface area contributed by atoms with E-state index >= 15 is 0 Å². The van der Waals surface area contributed by atoms with Crippen LogP contribution >= 0.6 is 0 Å². The van der Waals surface area contributed by atoms with E-state index in [9.17, 15) is 5.11 Å². The van der Waals surface area contributed by atoms with Gasteiger partial charge in [0, 0.05) is 23.7 Å². The van der Waals surface area contributed by atoms with Gasteiger partial charge in [-0.05, 0) is 30.9 Å². The molecule has 0 spiro atoms. The topological polar surface area (TPSA) is 36.4 Å². The van der Waals surface area contributed by atoms with Crippen molar-refractivity contribution in [2.75, 3.05) is 11.4 Å². The lowest BCUT2D eigenvalue weighted by molar-refractivity contribution is 0.277. The van der Waals surface area contributed by atoms with Crippen LogP contribution in [0.1, 0.15) is 32.4 Å². The fourth-order valence-corrected chi connectivity index (χ4v) is 2.75. The van der Waals surface area contributed by atoms with Crippen molar-refractivity contribution >= 4 is 16.6 Å². The van der Waals surface area contributed by atoms with E-state index in [1.807, 2.05) is 12.1 Å². The third-order valence-electron chi connectivity index (χ3n) is 3.77. The molecule has 0 radical (unpaired) electrons. The number of para-hydroxylation sites is 1. The lowest BCUT2D eigenvalue weighted by atomic mass is 10.1. The number of pyridine rings is 1. The highest BCUT2D eigenvalue weighted by atomic mass is 16.3. The summed E-state index contributed by atoms with van der Waals surface area (Å²) in [5, 5.41) is 10.7. The van der Waals surface area contributed by atoms with Crippen molar-refractivity contribution < 1.29 is 5.11 Å². The van der Waals surface area contributed by atoms with Crippen LogP contribution in [0.15, 0.2) is 30.3 Å². The SMILES string of the molecule is CC(C)CN(c1cc(CO)nc2ccccc12)C1CC1. The monoisotopic (exact) mass is 270 g/mol. The Morgan fingerprint density at radius 3 is 2.70 bits per heavy atom. The van der Waals surface area contributed by atoms with Crippen molar-refractivity contribution in [1.29, 1.82) is 0 Å². The summed E-state index contributed by atoms with van der Waals surface area (Å²) < 4.78 is 0. The number of nitrogens with zero attached hydrogens (tertiary/aromatic N) is 2. The number of hydrogen-bond acceptors (Lipinski definition) is 3. The summed E-state index contributed by atoms with van der Waals surface area (Å²) >= 11 is 0. The molecule has 0 unspecified atom stereocenters. The molecule has 1 saturated carbocycles. The van der Waals surface area contributed by atoms with E-state index in [2.05, 4.69) is 41.9 Å². The lowest BCUT2D eigenvalue weighted by Gasteiger charge is -2.28. The van der Waals surface area contributed by atoms with Crippen molar-refractivity contribution in [3.05, 3.63) is 36.0 Å². The Balaban J connectivity index is 2.11. The standard InChI is InChI=1S/C17H22N2O/c1-12(2)10-19(14-7-8-14)17-9-13(11-20)18-16-6-4-3-5-15(16)17/h3-6,9,12,14,20H,7-8,10-11H2,1-2H3. The molecule has 1 aromatic carbocycles. The van der Waals surface area contributed by atoms with Gasteiger partial charge in [0.2, 0.25) is 0 Å². The second-order valence-electron chi connectivity index (χ2n) is 6.09. The summed E-state index contributed by atoms with van der Waals surface area (Å²) in [5.41, 5.74) is 2.97. The molecule has 0 atom stereocenters. The summed E-state index contributed by atoms with van der Waals surface area (Å²) in [4.78, 5) is 7.03. The van der Waals surface area contributed by atoms with Crippen LogP contribution in [0.5, 0.6) is 0 Å². The number of benzene rings is 1. The molecule has 3 heteroatoms. The van der Waals surface area contributed by atoms with Gasteiger partial charge in [-0.2, -0.15) is 0 Å². The third kappa shape index (κ3) is 2.63. The quantitative estimate of drug-likeness (QED) is 0.905. The van der Waals surface area contributed by atoms with E-state index in [0.29, 0.717) is 12.0 Å². The predicted octanol–water partition coefficient (Wildman–Crippen LogP) is 3.35. The van der Waals surface area contributed by atoms with Crippen LogP contribution in [0, 0.1) is 5.92 Å². The molecule has 1 aliphatic carbocycles. The number of rotatable bonds is 5. The normalized spacial score (nSPS) is 15.0. The Morgan fingerprint density at radius 1 is 1.30 bits per heavy atom. The molecule has 0 saturated heterocycles. The Bertz CT molecular complexity index is 605. The zero-order chi connectivity index (χ0) is 14.1. The fraction of sp³-hybridized carbons (Fsp3) is 0.471. The van der Waals surface area contributed by atoms with Crippen LogP contribution in [0.2, 0.25) is 0 Å². The Labute approximate surface area is 120 Å². The van der Waals surface area contributed by atoms with Gasteiger partial charge in [0.25, 0.3) is 0 Å². The molecule has 1 heterocycles. The number of aliphatic hydroxyl groups excluding tert-OH is 1. The minimum atomic E-state index is -0.00196. The number of hydrogen-bond donors (Lipinski definition) is 1. The van der Waals surface area contributed by atoms with Crippen molar-refractivity contribution in [1.82, 2.24) is 4.98 Å². The molecule has 0 aliphatic heterocycles. The molecular weight excluding hydrogens is 248 g/mol.